The van der Waals surface area contributed by atoms with Crippen LogP contribution in [0.15, 0.2) is 0 Å². The molecule has 9 heteroatoms. The summed E-state index contributed by atoms with van der Waals surface area (Å²) in [5.41, 5.74) is 11.7. The fourth-order valence-electron chi connectivity index (χ4n) is 0.926. The molecule has 0 aliphatic heterocycles. The molecule has 4 amide bonds. The Balaban J connectivity index is 4.11. The van der Waals surface area contributed by atoms with Gasteiger partial charge in [-0.15, -0.1) is 0 Å². The van der Waals surface area contributed by atoms with Gasteiger partial charge in [0.05, 0.1) is 0 Å². The predicted octanol–water partition coefficient (Wildman–Crippen LogP) is -1.69. The number of primary amides is 2. The van der Waals surface area contributed by atoms with Crippen LogP contribution < -0.4 is 22.3 Å². The molecule has 0 saturated heterocycles. The zero-order valence-corrected chi connectivity index (χ0v) is 10.2. The number of nitrogens with one attached hydrogen (secondary N) is 2. The lowest BCUT2D eigenvalue weighted by Crippen LogP contribution is -2.49. The highest BCUT2D eigenvalue weighted by molar-refractivity contribution is 7.98. The van der Waals surface area contributed by atoms with E-state index < -0.39 is 30.5 Å². The van der Waals surface area contributed by atoms with E-state index in [1.54, 1.807) is 0 Å². The van der Waals surface area contributed by atoms with Crippen molar-refractivity contribution in [3.05, 3.63) is 0 Å². The van der Waals surface area contributed by atoms with Gasteiger partial charge in [-0.1, -0.05) is 0 Å². The van der Waals surface area contributed by atoms with Crippen molar-refractivity contribution in [3.8, 4) is 0 Å². The molecule has 0 aliphatic rings. The molecule has 0 radical (unpaired) electrons. The molecule has 0 aliphatic carbocycles. The van der Waals surface area contributed by atoms with Crippen molar-refractivity contribution in [2.24, 2.45) is 11.5 Å². The number of carbonyl (C=O) groups excluding carboxylic acids is 3. The van der Waals surface area contributed by atoms with Gasteiger partial charge >= 0.3 is 6.03 Å². The van der Waals surface area contributed by atoms with Crippen molar-refractivity contribution in [2.75, 3.05) is 18.6 Å². The fraction of sp³-hybridized carbons (Fsp3) is 0.625. The van der Waals surface area contributed by atoms with Crippen LogP contribution in [0.2, 0.25) is 0 Å². The Morgan fingerprint density at radius 1 is 1.35 bits per heavy atom. The standard InChI is InChI=1S/C8H16N4O4S/c1-17-3-2-5(11-8(10)15)7(14)12-16-4-6(9)13/h5H,2-4H2,1H3,(H2,9,13)(H,12,14)(H3,10,11,15). The number of hydrogen-bond donors (Lipinski definition) is 4. The van der Waals surface area contributed by atoms with Crippen molar-refractivity contribution >= 4 is 29.6 Å². The zero-order chi connectivity index (χ0) is 13.3. The first-order chi connectivity index (χ1) is 7.97. The summed E-state index contributed by atoms with van der Waals surface area (Å²) in [4.78, 5) is 37.0. The number of nitrogens with two attached hydrogens (primary N) is 2. The molecular formula is C8H16N4O4S. The minimum atomic E-state index is -0.804. The Morgan fingerprint density at radius 3 is 2.47 bits per heavy atom. The summed E-state index contributed by atoms with van der Waals surface area (Å²) in [6.07, 6.45) is 2.26. The number of urea groups is 1. The van der Waals surface area contributed by atoms with E-state index in [9.17, 15) is 14.4 Å². The third-order valence-electron chi connectivity index (χ3n) is 1.63. The van der Waals surface area contributed by atoms with E-state index in [4.69, 9.17) is 11.5 Å². The van der Waals surface area contributed by atoms with Gasteiger partial charge in [-0.2, -0.15) is 11.8 Å². The zero-order valence-electron chi connectivity index (χ0n) is 9.39. The Labute approximate surface area is 103 Å². The van der Waals surface area contributed by atoms with Crippen LogP contribution in [0.3, 0.4) is 0 Å². The lowest BCUT2D eigenvalue weighted by atomic mass is 10.2. The quantitative estimate of drug-likeness (QED) is 0.388. The molecule has 0 heterocycles. The highest BCUT2D eigenvalue weighted by Crippen LogP contribution is 2.00. The van der Waals surface area contributed by atoms with Gasteiger partial charge in [-0.3, -0.25) is 14.4 Å². The number of carbonyl (C=O) groups is 3. The van der Waals surface area contributed by atoms with E-state index in [2.05, 4.69) is 10.2 Å². The summed E-state index contributed by atoms with van der Waals surface area (Å²) in [6, 6.07) is -1.60. The van der Waals surface area contributed by atoms with E-state index in [0.717, 1.165) is 0 Å². The van der Waals surface area contributed by atoms with Crippen LogP contribution in [-0.4, -0.2) is 42.5 Å². The first-order valence-corrected chi connectivity index (χ1v) is 6.11. The number of amides is 4. The molecule has 98 valence electrons. The molecule has 8 nitrogen and oxygen atoms in total. The summed E-state index contributed by atoms with van der Waals surface area (Å²) in [5, 5.41) is 2.27. The van der Waals surface area contributed by atoms with Gasteiger partial charge in [0, 0.05) is 0 Å². The monoisotopic (exact) mass is 264 g/mol. The van der Waals surface area contributed by atoms with E-state index in [1.165, 1.54) is 11.8 Å². The maximum atomic E-state index is 11.5. The number of rotatable bonds is 8. The van der Waals surface area contributed by atoms with Crippen LogP contribution >= 0.6 is 11.8 Å². The van der Waals surface area contributed by atoms with Crippen molar-refractivity contribution in [1.29, 1.82) is 0 Å². The Kier molecular flexibility index (Phi) is 7.89. The minimum absolute atomic E-state index is 0.399. The smallest absolute Gasteiger partial charge is 0.312 e. The molecule has 1 atom stereocenters. The van der Waals surface area contributed by atoms with Gasteiger partial charge in [0.15, 0.2) is 6.61 Å². The molecule has 1 unspecified atom stereocenters. The second kappa shape index (κ2) is 8.65. The highest BCUT2D eigenvalue weighted by Gasteiger charge is 2.19. The average molecular weight is 264 g/mol. The average Bonchev–Trinajstić information content (AvgIpc) is 2.22. The molecule has 17 heavy (non-hydrogen) atoms. The summed E-state index contributed by atoms with van der Waals surface area (Å²) in [6.45, 7) is -0.433. The molecule has 0 bridgehead atoms. The fourth-order valence-corrected chi connectivity index (χ4v) is 1.40. The SMILES string of the molecule is CSCCC(NC(N)=O)C(=O)NOCC(N)=O. The topological polar surface area (TPSA) is 137 Å². The minimum Gasteiger partial charge on any atom is -0.368 e. The predicted molar refractivity (Wildman–Crippen MR) is 62.8 cm³/mol. The van der Waals surface area contributed by atoms with E-state index >= 15 is 0 Å². The highest BCUT2D eigenvalue weighted by atomic mass is 32.2. The van der Waals surface area contributed by atoms with Crippen molar-refractivity contribution in [2.45, 2.75) is 12.5 Å². The summed E-state index contributed by atoms with van der Waals surface area (Å²) in [7, 11) is 0. The third kappa shape index (κ3) is 8.34. The van der Waals surface area contributed by atoms with Crippen LogP contribution in [0.1, 0.15) is 6.42 Å². The van der Waals surface area contributed by atoms with Crippen LogP contribution in [-0.2, 0) is 14.4 Å². The summed E-state index contributed by atoms with van der Waals surface area (Å²) < 4.78 is 0. The summed E-state index contributed by atoms with van der Waals surface area (Å²) in [5.74, 6) is -0.637. The first-order valence-electron chi connectivity index (χ1n) is 4.72. The number of hydrogen-bond acceptors (Lipinski definition) is 5. The number of hydroxylamine groups is 1. The molecule has 0 aromatic rings. The number of thioether (sulfide) groups is 1. The second-order valence-corrected chi connectivity index (χ2v) is 4.05. The molecule has 0 rings (SSSR count). The van der Waals surface area contributed by atoms with Gasteiger partial charge < -0.3 is 16.8 Å². The largest absolute Gasteiger partial charge is 0.368 e. The van der Waals surface area contributed by atoms with Crippen molar-refractivity contribution in [1.82, 2.24) is 10.8 Å². The lowest BCUT2D eigenvalue weighted by Gasteiger charge is -2.16. The van der Waals surface area contributed by atoms with Gasteiger partial charge in [0.25, 0.3) is 5.91 Å². The van der Waals surface area contributed by atoms with Crippen LogP contribution in [0.5, 0.6) is 0 Å². The molecule has 0 aromatic carbocycles. The Bertz CT molecular complexity index is 287. The molecule has 0 fully saturated rings. The molecule has 6 N–H and O–H groups in total. The van der Waals surface area contributed by atoms with Gasteiger partial charge in [-0.25, -0.2) is 10.3 Å². The van der Waals surface area contributed by atoms with Crippen LogP contribution in [0, 0.1) is 0 Å². The maximum Gasteiger partial charge on any atom is 0.312 e. The molecule has 0 saturated carbocycles. The lowest BCUT2D eigenvalue weighted by molar-refractivity contribution is -0.139. The van der Waals surface area contributed by atoms with Crippen molar-refractivity contribution in [3.63, 3.8) is 0 Å². The Morgan fingerprint density at radius 2 is 2.00 bits per heavy atom. The molecule has 0 spiro atoms. The molecule has 0 aromatic heterocycles. The second-order valence-electron chi connectivity index (χ2n) is 3.06. The maximum absolute atomic E-state index is 11.5. The van der Waals surface area contributed by atoms with Gasteiger partial charge in [0.1, 0.15) is 6.04 Å². The normalized spacial score (nSPS) is 11.6. The van der Waals surface area contributed by atoms with E-state index in [1.807, 2.05) is 11.7 Å². The van der Waals surface area contributed by atoms with Crippen LogP contribution in [0.25, 0.3) is 0 Å². The van der Waals surface area contributed by atoms with Crippen molar-refractivity contribution < 1.29 is 19.2 Å². The Hall–Kier alpha value is -1.48. The molecular weight excluding hydrogens is 248 g/mol. The van der Waals surface area contributed by atoms with E-state index in [0.29, 0.717) is 12.2 Å². The van der Waals surface area contributed by atoms with Gasteiger partial charge in [0.2, 0.25) is 5.91 Å². The third-order valence-corrected chi connectivity index (χ3v) is 2.27. The van der Waals surface area contributed by atoms with Crippen LogP contribution in [0.4, 0.5) is 4.79 Å². The van der Waals surface area contributed by atoms with E-state index in [-0.39, 0.29) is 0 Å². The first kappa shape index (κ1) is 15.5. The van der Waals surface area contributed by atoms with Gasteiger partial charge in [-0.05, 0) is 18.4 Å². The summed E-state index contributed by atoms with van der Waals surface area (Å²) >= 11 is 1.52.